The molecule has 0 bridgehead atoms. The van der Waals surface area contributed by atoms with Gasteiger partial charge in [-0.3, -0.25) is 4.79 Å². The summed E-state index contributed by atoms with van der Waals surface area (Å²) in [5.41, 5.74) is 0.482. The van der Waals surface area contributed by atoms with Gasteiger partial charge in [-0.1, -0.05) is 25.8 Å². The average Bonchev–Trinajstić information content (AvgIpc) is 2.46. The van der Waals surface area contributed by atoms with Gasteiger partial charge in [0.05, 0.1) is 0 Å². The SMILES string of the molecule is CNc1cccc(C(=O)NCC2CCC(C)CC2)n1. The Balaban J connectivity index is 1.83. The number of carbonyl (C=O) groups is 1. The maximum absolute atomic E-state index is 12.0. The van der Waals surface area contributed by atoms with Crippen molar-refractivity contribution < 1.29 is 4.79 Å². The zero-order chi connectivity index (χ0) is 13.7. The fraction of sp³-hybridized carbons (Fsp3) is 0.600. The Morgan fingerprint density at radius 3 is 2.74 bits per heavy atom. The highest BCUT2D eigenvalue weighted by Crippen LogP contribution is 2.27. The molecule has 1 saturated carbocycles. The van der Waals surface area contributed by atoms with Crippen molar-refractivity contribution in [2.24, 2.45) is 11.8 Å². The Hall–Kier alpha value is -1.58. The molecule has 1 aromatic rings. The van der Waals surface area contributed by atoms with Gasteiger partial charge < -0.3 is 10.6 Å². The number of pyridine rings is 1. The molecule has 0 radical (unpaired) electrons. The van der Waals surface area contributed by atoms with Crippen LogP contribution in [0.25, 0.3) is 0 Å². The average molecular weight is 261 g/mol. The Morgan fingerprint density at radius 1 is 1.32 bits per heavy atom. The molecule has 0 unspecified atom stereocenters. The molecule has 1 aliphatic carbocycles. The first-order chi connectivity index (χ1) is 9.19. The number of hydrogen-bond acceptors (Lipinski definition) is 3. The fourth-order valence-electron chi connectivity index (χ4n) is 2.56. The summed E-state index contributed by atoms with van der Waals surface area (Å²) in [4.78, 5) is 16.3. The summed E-state index contributed by atoms with van der Waals surface area (Å²) in [5, 5.41) is 5.95. The van der Waals surface area contributed by atoms with E-state index in [1.54, 1.807) is 13.1 Å². The molecule has 1 amide bonds. The van der Waals surface area contributed by atoms with E-state index in [2.05, 4.69) is 22.5 Å². The maximum Gasteiger partial charge on any atom is 0.269 e. The summed E-state index contributed by atoms with van der Waals surface area (Å²) in [6.45, 7) is 3.08. The van der Waals surface area contributed by atoms with E-state index in [0.29, 0.717) is 11.6 Å². The van der Waals surface area contributed by atoms with Crippen molar-refractivity contribution >= 4 is 11.7 Å². The summed E-state index contributed by atoms with van der Waals surface area (Å²) >= 11 is 0. The molecule has 1 aromatic heterocycles. The van der Waals surface area contributed by atoms with E-state index in [1.165, 1.54) is 25.7 Å². The molecule has 19 heavy (non-hydrogen) atoms. The zero-order valence-corrected chi connectivity index (χ0v) is 11.8. The highest BCUT2D eigenvalue weighted by Gasteiger charge is 2.19. The number of anilines is 1. The van der Waals surface area contributed by atoms with Crippen molar-refractivity contribution in [2.45, 2.75) is 32.6 Å². The molecule has 104 valence electrons. The third kappa shape index (κ3) is 3.94. The predicted molar refractivity (Wildman–Crippen MR) is 77.2 cm³/mol. The van der Waals surface area contributed by atoms with Gasteiger partial charge in [0.15, 0.2) is 0 Å². The van der Waals surface area contributed by atoms with Crippen LogP contribution in [0, 0.1) is 11.8 Å². The molecular weight excluding hydrogens is 238 g/mol. The lowest BCUT2D eigenvalue weighted by Crippen LogP contribution is -2.31. The second-order valence-corrected chi connectivity index (χ2v) is 5.49. The van der Waals surface area contributed by atoms with Gasteiger partial charge in [-0.2, -0.15) is 0 Å². The molecule has 1 fully saturated rings. The minimum atomic E-state index is -0.0734. The maximum atomic E-state index is 12.0. The van der Waals surface area contributed by atoms with Crippen LogP contribution in [0.5, 0.6) is 0 Å². The quantitative estimate of drug-likeness (QED) is 0.876. The van der Waals surface area contributed by atoms with Gasteiger partial charge in [0.2, 0.25) is 0 Å². The number of aromatic nitrogens is 1. The lowest BCUT2D eigenvalue weighted by molar-refractivity contribution is 0.0937. The first kappa shape index (κ1) is 13.8. The van der Waals surface area contributed by atoms with Gasteiger partial charge in [0.25, 0.3) is 5.91 Å². The van der Waals surface area contributed by atoms with Crippen LogP contribution in [-0.2, 0) is 0 Å². The minimum absolute atomic E-state index is 0.0734. The third-order valence-corrected chi connectivity index (χ3v) is 3.92. The lowest BCUT2D eigenvalue weighted by Gasteiger charge is -2.26. The van der Waals surface area contributed by atoms with E-state index in [9.17, 15) is 4.79 Å². The van der Waals surface area contributed by atoms with Crippen molar-refractivity contribution in [3.05, 3.63) is 23.9 Å². The van der Waals surface area contributed by atoms with E-state index < -0.39 is 0 Å². The van der Waals surface area contributed by atoms with Crippen molar-refractivity contribution in [3.63, 3.8) is 0 Å². The van der Waals surface area contributed by atoms with Crippen LogP contribution in [0.4, 0.5) is 5.82 Å². The van der Waals surface area contributed by atoms with Crippen LogP contribution in [0.3, 0.4) is 0 Å². The molecule has 0 aromatic carbocycles. The predicted octanol–water partition coefficient (Wildman–Crippen LogP) is 2.68. The second kappa shape index (κ2) is 6.55. The van der Waals surface area contributed by atoms with Gasteiger partial charge >= 0.3 is 0 Å². The number of nitrogens with zero attached hydrogens (tertiary/aromatic N) is 1. The summed E-state index contributed by atoms with van der Waals surface area (Å²) in [6, 6.07) is 5.44. The number of amides is 1. The highest BCUT2D eigenvalue weighted by atomic mass is 16.1. The number of hydrogen-bond donors (Lipinski definition) is 2. The first-order valence-corrected chi connectivity index (χ1v) is 7.12. The van der Waals surface area contributed by atoms with Crippen LogP contribution in [-0.4, -0.2) is 24.5 Å². The monoisotopic (exact) mass is 261 g/mol. The summed E-state index contributed by atoms with van der Waals surface area (Å²) in [6.07, 6.45) is 5.03. The van der Waals surface area contributed by atoms with E-state index in [1.807, 2.05) is 12.1 Å². The van der Waals surface area contributed by atoms with Gasteiger partial charge in [0.1, 0.15) is 11.5 Å². The van der Waals surface area contributed by atoms with E-state index in [4.69, 9.17) is 0 Å². The fourth-order valence-corrected chi connectivity index (χ4v) is 2.56. The number of rotatable bonds is 4. The van der Waals surface area contributed by atoms with E-state index >= 15 is 0 Å². The number of carbonyl (C=O) groups excluding carboxylic acids is 1. The molecule has 0 spiro atoms. The molecule has 1 aliphatic rings. The topological polar surface area (TPSA) is 54.0 Å². The van der Waals surface area contributed by atoms with E-state index in [-0.39, 0.29) is 5.91 Å². The molecule has 1 heterocycles. The Labute approximate surface area is 115 Å². The molecule has 2 N–H and O–H groups in total. The molecule has 0 atom stereocenters. The van der Waals surface area contributed by atoms with Crippen molar-refractivity contribution in [1.82, 2.24) is 10.3 Å². The van der Waals surface area contributed by atoms with Crippen molar-refractivity contribution in [3.8, 4) is 0 Å². The Bertz CT molecular complexity index is 425. The Morgan fingerprint density at radius 2 is 2.05 bits per heavy atom. The van der Waals surface area contributed by atoms with Gasteiger partial charge in [-0.25, -0.2) is 4.98 Å². The minimum Gasteiger partial charge on any atom is -0.373 e. The normalized spacial score (nSPS) is 22.8. The van der Waals surface area contributed by atoms with Gasteiger partial charge in [-0.05, 0) is 36.8 Å². The van der Waals surface area contributed by atoms with Crippen LogP contribution in [0.15, 0.2) is 18.2 Å². The highest BCUT2D eigenvalue weighted by molar-refractivity contribution is 5.92. The second-order valence-electron chi connectivity index (χ2n) is 5.49. The lowest BCUT2D eigenvalue weighted by atomic mass is 9.83. The Kier molecular flexibility index (Phi) is 4.77. The van der Waals surface area contributed by atoms with Crippen molar-refractivity contribution in [2.75, 3.05) is 18.9 Å². The largest absolute Gasteiger partial charge is 0.373 e. The standard InChI is InChI=1S/C15H23N3O/c1-11-6-8-12(9-7-11)10-17-15(19)13-4-3-5-14(16-2)18-13/h3-5,11-12H,6-10H2,1-2H3,(H,16,18)(H,17,19). The summed E-state index contributed by atoms with van der Waals surface area (Å²) < 4.78 is 0. The summed E-state index contributed by atoms with van der Waals surface area (Å²) in [5.74, 6) is 2.13. The zero-order valence-electron chi connectivity index (χ0n) is 11.8. The van der Waals surface area contributed by atoms with Crippen LogP contribution < -0.4 is 10.6 Å². The molecule has 4 heteroatoms. The molecule has 0 saturated heterocycles. The molecule has 4 nitrogen and oxygen atoms in total. The summed E-state index contributed by atoms with van der Waals surface area (Å²) in [7, 11) is 1.80. The smallest absolute Gasteiger partial charge is 0.269 e. The first-order valence-electron chi connectivity index (χ1n) is 7.12. The van der Waals surface area contributed by atoms with Crippen LogP contribution >= 0.6 is 0 Å². The molecule has 0 aliphatic heterocycles. The third-order valence-electron chi connectivity index (χ3n) is 3.92. The van der Waals surface area contributed by atoms with Crippen molar-refractivity contribution in [1.29, 1.82) is 0 Å². The van der Waals surface area contributed by atoms with Gasteiger partial charge in [0, 0.05) is 13.6 Å². The van der Waals surface area contributed by atoms with Gasteiger partial charge in [-0.15, -0.1) is 0 Å². The van der Waals surface area contributed by atoms with Crippen LogP contribution in [0.2, 0.25) is 0 Å². The van der Waals surface area contributed by atoms with E-state index in [0.717, 1.165) is 18.3 Å². The molecule has 2 rings (SSSR count). The molecular formula is C15H23N3O. The number of nitrogens with one attached hydrogen (secondary N) is 2. The van der Waals surface area contributed by atoms with Crippen LogP contribution in [0.1, 0.15) is 43.1 Å².